The fraction of sp³-hybridized carbons (Fsp3) is 0.960. The molecular weight excluding hydrogens is 428 g/mol. The van der Waals surface area contributed by atoms with Gasteiger partial charge in [0, 0.05) is 0 Å². The number of aliphatic hydroxyl groups excluding tert-OH is 4. The molecule has 0 aromatic rings. The van der Waals surface area contributed by atoms with Crippen LogP contribution in [0.3, 0.4) is 0 Å². The minimum atomic E-state index is -1.77. The quantitative estimate of drug-likeness (QED) is 0.466. The van der Waals surface area contributed by atoms with Crippen LogP contribution in [-0.2, 0) is 14.3 Å². The van der Waals surface area contributed by atoms with Crippen molar-refractivity contribution in [3.63, 3.8) is 0 Å². The van der Waals surface area contributed by atoms with Crippen molar-refractivity contribution in [2.24, 2.45) is 34.5 Å². The summed E-state index contributed by atoms with van der Waals surface area (Å²) >= 11 is 0. The Kier molecular flexibility index (Phi) is 6.11. The first kappa shape index (κ1) is 23.9. The third-order valence-corrected chi connectivity index (χ3v) is 10.7. The Hall–Kier alpha value is -0.770. The zero-order valence-electron chi connectivity index (χ0n) is 19.6. The molecule has 0 spiro atoms. The molecule has 188 valence electrons. The van der Waals surface area contributed by atoms with Crippen molar-refractivity contribution in [3.8, 4) is 0 Å². The van der Waals surface area contributed by atoms with E-state index in [1.54, 1.807) is 0 Å². The van der Waals surface area contributed by atoms with Crippen LogP contribution in [0.15, 0.2) is 0 Å². The fourth-order valence-corrected chi connectivity index (χ4v) is 8.73. The highest BCUT2D eigenvalue weighted by Gasteiger charge is 2.61. The lowest BCUT2D eigenvalue weighted by molar-refractivity contribution is -0.355. The summed E-state index contributed by atoms with van der Waals surface area (Å²) in [4.78, 5) is 11.4. The van der Waals surface area contributed by atoms with Crippen LogP contribution in [0, 0.1) is 34.5 Å². The molecule has 5 fully saturated rings. The van der Waals surface area contributed by atoms with Crippen LogP contribution in [0.4, 0.5) is 0 Å². The van der Waals surface area contributed by atoms with E-state index in [0.717, 1.165) is 51.4 Å². The van der Waals surface area contributed by atoms with Crippen molar-refractivity contribution in [3.05, 3.63) is 0 Å². The molecule has 1 heterocycles. The van der Waals surface area contributed by atoms with Crippen molar-refractivity contribution in [2.45, 2.75) is 115 Å². The molecule has 33 heavy (non-hydrogen) atoms. The third kappa shape index (κ3) is 3.67. The van der Waals surface area contributed by atoms with E-state index in [0.29, 0.717) is 23.7 Å². The maximum atomic E-state index is 11.4. The average molecular weight is 468 g/mol. The Morgan fingerprint density at radius 2 is 1.58 bits per heavy atom. The van der Waals surface area contributed by atoms with Gasteiger partial charge in [0.05, 0.1) is 18.2 Å². The van der Waals surface area contributed by atoms with Crippen LogP contribution in [0.1, 0.15) is 71.6 Å². The maximum Gasteiger partial charge on any atom is 0.187 e. The second-order valence-corrected chi connectivity index (χ2v) is 12.0. The Bertz CT molecular complexity index is 761. The second kappa shape index (κ2) is 8.42. The minimum Gasteiger partial charge on any atom is -0.547 e. The minimum absolute atomic E-state index is 0.111. The number of carbonyl (C=O) groups is 1. The van der Waals surface area contributed by atoms with Crippen molar-refractivity contribution in [1.82, 2.24) is 0 Å². The van der Waals surface area contributed by atoms with Gasteiger partial charge in [-0.15, -0.1) is 0 Å². The normalized spacial score (nSPS) is 56.5. The lowest BCUT2D eigenvalue weighted by atomic mass is 9.45. The maximum absolute atomic E-state index is 11.4. The zero-order chi connectivity index (χ0) is 23.7. The standard InChI is InChI=1S/C25H40O8/c1-24-9-7-13(26)11-12(24)3-4-14-15-5-6-17(25(15,2)10-8-16(14)24)32-23-20(29)18(27)19(28)21(33-23)22(30)31/h12-21,23,26-29H,3-11H2,1-2H3,(H,30,31)/p-1/t12-,13+,14-,15-,16-,17-,18-,19-,20+,21-,23+,24-,25-/m0/s1. The van der Waals surface area contributed by atoms with Crippen LogP contribution in [0.25, 0.3) is 0 Å². The number of hydrogen-bond donors (Lipinski definition) is 4. The zero-order valence-corrected chi connectivity index (χ0v) is 19.6. The van der Waals surface area contributed by atoms with Crippen LogP contribution < -0.4 is 5.11 Å². The van der Waals surface area contributed by atoms with E-state index in [2.05, 4.69) is 13.8 Å². The van der Waals surface area contributed by atoms with Crippen molar-refractivity contribution in [2.75, 3.05) is 0 Å². The molecule has 5 rings (SSSR count). The molecule has 8 nitrogen and oxygen atoms in total. The van der Waals surface area contributed by atoms with E-state index in [9.17, 15) is 30.3 Å². The van der Waals surface area contributed by atoms with Gasteiger partial charge in [-0.05, 0) is 92.3 Å². The molecule has 4 aliphatic carbocycles. The van der Waals surface area contributed by atoms with Gasteiger partial charge in [-0.3, -0.25) is 0 Å². The number of rotatable bonds is 3. The van der Waals surface area contributed by atoms with E-state index in [1.807, 2.05) is 0 Å². The number of carboxylic acid groups (broad SMARTS) is 1. The second-order valence-electron chi connectivity index (χ2n) is 12.0. The highest BCUT2D eigenvalue weighted by Crippen LogP contribution is 2.66. The van der Waals surface area contributed by atoms with Gasteiger partial charge in [0.15, 0.2) is 6.29 Å². The molecule has 1 aliphatic heterocycles. The molecule has 4 saturated carbocycles. The number of carbonyl (C=O) groups excluding carboxylic acids is 1. The fourth-order valence-electron chi connectivity index (χ4n) is 8.73. The molecule has 4 N–H and O–H groups in total. The van der Waals surface area contributed by atoms with E-state index < -0.39 is 36.7 Å². The molecule has 0 unspecified atom stereocenters. The van der Waals surface area contributed by atoms with E-state index in [-0.39, 0.29) is 23.0 Å². The van der Waals surface area contributed by atoms with E-state index in [4.69, 9.17) is 9.47 Å². The summed E-state index contributed by atoms with van der Waals surface area (Å²) in [5.74, 6) is 0.700. The number of ether oxygens (including phenoxy) is 2. The van der Waals surface area contributed by atoms with Gasteiger partial charge < -0.3 is 39.8 Å². The molecule has 0 amide bonds. The number of aliphatic hydroxyl groups is 4. The van der Waals surface area contributed by atoms with Crippen molar-refractivity contribution >= 4 is 5.97 Å². The highest BCUT2D eigenvalue weighted by molar-refractivity contribution is 5.71. The van der Waals surface area contributed by atoms with Gasteiger partial charge in [-0.1, -0.05) is 13.8 Å². The molecule has 13 atom stereocenters. The monoisotopic (exact) mass is 467 g/mol. The van der Waals surface area contributed by atoms with Crippen LogP contribution in [0.2, 0.25) is 0 Å². The molecule has 0 aromatic carbocycles. The third-order valence-electron chi connectivity index (χ3n) is 10.7. The first-order valence-corrected chi connectivity index (χ1v) is 12.8. The Morgan fingerprint density at radius 3 is 2.30 bits per heavy atom. The molecule has 0 bridgehead atoms. The average Bonchev–Trinajstić information content (AvgIpc) is 3.10. The predicted molar refractivity (Wildman–Crippen MR) is 114 cm³/mol. The molecular formula is C25H39O8-. The SMILES string of the molecule is C[C@]12CC[C@@H](O)C[C@@H]1CC[C@@H]1[C@@H]2CC[C@]2(C)[C@@H](O[C@@H]3O[C@H](C(=O)[O-])[C@@H](O)[C@H](O)[C@H]3O)CC[C@@H]12. The molecule has 1 saturated heterocycles. The number of aliphatic carboxylic acids is 1. The van der Waals surface area contributed by atoms with Crippen LogP contribution in [0.5, 0.6) is 0 Å². The lowest BCUT2D eigenvalue weighted by Crippen LogP contribution is -2.63. The molecule has 0 aromatic heterocycles. The van der Waals surface area contributed by atoms with E-state index >= 15 is 0 Å². The Balaban J connectivity index is 1.32. The van der Waals surface area contributed by atoms with Gasteiger partial charge in [0.25, 0.3) is 0 Å². The summed E-state index contributed by atoms with van der Waals surface area (Å²) in [6.07, 6.45) is 0.758. The van der Waals surface area contributed by atoms with Gasteiger partial charge in [-0.2, -0.15) is 0 Å². The summed E-state index contributed by atoms with van der Waals surface area (Å²) in [6.45, 7) is 4.70. The largest absolute Gasteiger partial charge is 0.547 e. The topological polar surface area (TPSA) is 140 Å². The van der Waals surface area contributed by atoms with Gasteiger partial charge >= 0.3 is 0 Å². The first-order chi connectivity index (χ1) is 15.6. The summed E-state index contributed by atoms with van der Waals surface area (Å²) in [6, 6.07) is 0. The molecule has 5 aliphatic rings. The van der Waals surface area contributed by atoms with E-state index in [1.165, 1.54) is 6.42 Å². The van der Waals surface area contributed by atoms with Crippen LogP contribution >= 0.6 is 0 Å². The number of hydrogen-bond acceptors (Lipinski definition) is 8. The summed E-state index contributed by atoms with van der Waals surface area (Å²) in [5.41, 5.74) is 0.173. The first-order valence-electron chi connectivity index (χ1n) is 12.8. The lowest BCUT2D eigenvalue weighted by Gasteiger charge is -2.61. The number of carboxylic acids is 1. The smallest absolute Gasteiger partial charge is 0.187 e. The van der Waals surface area contributed by atoms with Crippen molar-refractivity contribution in [1.29, 1.82) is 0 Å². The van der Waals surface area contributed by atoms with Crippen LogP contribution in [-0.4, -0.2) is 69.3 Å². The molecule has 0 radical (unpaired) electrons. The van der Waals surface area contributed by atoms with Crippen molar-refractivity contribution < 1.29 is 39.8 Å². The Labute approximate surface area is 195 Å². The Morgan fingerprint density at radius 1 is 0.879 bits per heavy atom. The summed E-state index contributed by atoms with van der Waals surface area (Å²) in [7, 11) is 0. The molecule has 8 heteroatoms. The highest BCUT2D eigenvalue weighted by atomic mass is 16.7. The van der Waals surface area contributed by atoms with Gasteiger partial charge in [0.1, 0.15) is 24.4 Å². The summed E-state index contributed by atoms with van der Waals surface area (Å²) < 4.78 is 11.6. The van der Waals surface area contributed by atoms with Gasteiger partial charge in [-0.25, -0.2) is 0 Å². The van der Waals surface area contributed by atoms with Gasteiger partial charge in [0.2, 0.25) is 0 Å². The predicted octanol–water partition coefficient (Wildman–Crippen LogP) is 0.333. The summed E-state index contributed by atoms with van der Waals surface area (Å²) in [5, 5.41) is 52.1. The number of fused-ring (bicyclic) bond motifs is 5.